The van der Waals surface area contributed by atoms with E-state index in [0.29, 0.717) is 32.1 Å². The van der Waals surface area contributed by atoms with Gasteiger partial charge >= 0.3 is 35.5 Å². The average Bonchev–Trinajstić information content (AvgIpc) is 3.25. The summed E-state index contributed by atoms with van der Waals surface area (Å²) in [5.41, 5.74) is -1.86. The van der Waals surface area contributed by atoms with Gasteiger partial charge in [-0.2, -0.15) is 0 Å². The normalized spacial score (nSPS) is 34.8. The number of rotatable bonds is 13. The quantitative estimate of drug-likeness (QED) is 0.114. The van der Waals surface area contributed by atoms with Gasteiger partial charge < -0.3 is 24.4 Å². The van der Waals surface area contributed by atoms with Crippen LogP contribution in [-0.2, 0) is 34.0 Å². The molecule has 0 bridgehead atoms. The number of aliphatic hydroxyl groups is 2. The molecule has 4 aliphatic carbocycles. The minimum absolute atomic E-state index is 0. The molecule has 1 amide bonds. The third-order valence-electron chi connectivity index (χ3n) is 11.4. The van der Waals surface area contributed by atoms with Crippen molar-refractivity contribution in [2.24, 2.45) is 34.5 Å². The van der Waals surface area contributed by atoms with Crippen molar-refractivity contribution in [3.05, 3.63) is 23.8 Å². The van der Waals surface area contributed by atoms with Gasteiger partial charge in [0.15, 0.2) is 11.4 Å². The first-order valence-electron chi connectivity index (χ1n) is 16.2. The Morgan fingerprint density at radius 2 is 1.78 bits per heavy atom. The van der Waals surface area contributed by atoms with Gasteiger partial charge in [0.2, 0.25) is 11.7 Å². The molecule has 46 heavy (non-hydrogen) atoms. The number of unbranched alkanes of at least 4 members (excludes halogenated alkanes) is 3. The van der Waals surface area contributed by atoms with Crippen LogP contribution in [-0.4, -0.2) is 89.2 Å². The van der Waals surface area contributed by atoms with Crippen LogP contribution in [0.4, 0.5) is 0 Å². The monoisotopic (exact) mass is 673 g/mol. The van der Waals surface area contributed by atoms with Crippen LogP contribution in [0, 0.1) is 34.5 Å². The summed E-state index contributed by atoms with van der Waals surface area (Å²) in [6.07, 6.45) is 8.85. The Hall–Kier alpha value is -1.41. The van der Waals surface area contributed by atoms with Crippen LogP contribution in [0.5, 0.6) is 0 Å². The maximum Gasteiger partial charge on any atom is 1.00 e. The fraction of sp³-hybridized carbons (Fsp3) is 0.758. The molecule has 4 aliphatic rings. The topological polar surface area (TPSA) is 178 Å². The van der Waals surface area contributed by atoms with Crippen molar-refractivity contribution in [1.29, 1.82) is 0 Å². The Morgan fingerprint density at radius 1 is 1.13 bits per heavy atom. The second-order valence-electron chi connectivity index (χ2n) is 14.2. The van der Waals surface area contributed by atoms with Gasteiger partial charge in [-0.1, -0.05) is 45.3 Å². The van der Waals surface area contributed by atoms with Crippen LogP contribution in [0.25, 0.3) is 0 Å². The number of Topliss-reactive ketones (excluding diaryl/α,β-unsaturated/α-hetero) is 1. The first kappa shape index (κ1) is 39.0. The van der Waals surface area contributed by atoms with Gasteiger partial charge in [0.05, 0.1) is 22.0 Å². The van der Waals surface area contributed by atoms with E-state index in [9.17, 15) is 42.4 Å². The molecule has 0 aromatic carbocycles. The number of ketones is 2. The van der Waals surface area contributed by atoms with Gasteiger partial charge in [-0.05, 0) is 68.4 Å². The SMILES string of the molecule is C[C@H]1C[C@@H]2[C@H]([C@@H](O)C[C@@]3(C)[C@H]2CC[C@]3(OC(=O)CCCCCCC(=O)N(C)CCS(=O)(=O)[O-])C(=O)CO)[C@@]2(C)C=CC(=O)C=C12.[Na+]. The molecule has 13 heteroatoms. The zero-order valence-electron chi connectivity index (χ0n) is 27.8. The van der Waals surface area contributed by atoms with E-state index in [0.717, 1.165) is 12.0 Å². The van der Waals surface area contributed by atoms with E-state index in [4.69, 9.17) is 4.74 Å². The minimum atomic E-state index is -4.39. The molecule has 0 spiro atoms. The molecule has 0 heterocycles. The Balaban J connectivity index is 0.00000576. The van der Waals surface area contributed by atoms with E-state index in [1.807, 2.05) is 13.0 Å². The van der Waals surface area contributed by atoms with Crippen LogP contribution < -0.4 is 29.6 Å². The van der Waals surface area contributed by atoms with Crippen LogP contribution in [0.1, 0.15) is 85.0 Å². The summed E-state index contributed by atoms with van der Waals surface area (Å²) < 4.78 is 38.4. The molecule has 252 valence electrons. The molecular weight excluding hydrogens is 625 g/mol. The molecule has 2 N–H and O–H groups in total. The second-order valence-corrected chi connectivity index (χ2v) is 15.7. The van der Waals surface area contributed by atoms with Crippen LogP contribution in [0.2, 0.25) is 0 Å². The van der Waals surface area contributed by atoms with Crippen molar-refractivity contribution >= 4 is 33.6 Å². The maximum absolute atomic E-state index is 13.5. The summed E-state index contributed by atoms with van der Waals surface area (Å²) in [5.74, 6) is -2.04. The molecular formula is C33H48NNaO10S. The molecule has 0 radical (unpaired) electrons. The van der Waals surface area contributed by atoms with Gasteiger partial charge in [-0.3, -0.25) is 19.2 Å². The minimum Gasteiger partial charge on any atom is -0.748 e. The number of aliphatic hydroxyl groups excluding tert-OH is 2. The number of nitrogens with zero attached hydrogens (tertiary/aromatic N) is 1. The summed E-state index contributed by atoms with van der Waals surface area (Å²) in [7, 11) is -2.94. The fourth-order valence-corrected chi connectivity index (χ4v) is 9.75. The number of allylic oxidation sites excluding steroid dienone is 4. The molecule has 11 nitrogen and oxygen atoms in total. The standard InChI is InChI=1S/C33H49NO10S.Na/c1-21-17-23-24-12-14-33(27(38)20-35,32(24,3)19-26(37)30(23)31(2)13-11-22(36)18-25(21)31)44-29(40)10-8-6-5-7-9-28(39)34(4)15-16-45(41,42)43;/h11,13,18,21,23-24,26,30,35,37H,5-10,12,14-17,19-20H2,1-4H3,(H,41,42,43);/q;+1/p-1/t21-,23-,24-,26-,30+,31-,32-,33-;/m0./s1. The average molecular weight is 674 g/mol. The van der Waals surface area contributed by atoms with E-state index in [1.54, 1.807) is 12.2 Å². The number of hydrogen-bond acceptors (Lipinski definition) is 10. The van der Waals surface area contributed by atoms with Crippen molar-refractivity contribution in [3.8, 4) is 0 Å². The number of carbonyl (C=O) groups is 4. The summed E-state index contributed by atoms with van der Waals surface area (Å²) >= 11 is 0. The van der Waals surface area contributed by atoms with Gasteiger partial charge in [0.25, 0.3) is 0 Å². The van der Waals surface area contributed by atoms with Gasteiger partial charge in [0, 0.05) is 43.2 Å². The van der Waals surface area contributed by atoms with E-state index in [2.05, 4.69) is 13.8 Å². The number of ether oxygens (including phenoxy) is 1. The summed E-state index contributed by atoms with van der Waals surface area (Å²) in [4.78, 5) is 52.3. The van der Waals surface area contributed by atoms with Crippen LogP contribution in [0.15, 0.2) is 23.8 Å². The fourth-order valence-electron chi connectivity index (χ4n) is 9.26. The molecule has 0 aromatic rings. The molecule has 3 fully saturated rings. The Bertz CT molecular complexity index is 1360. The third kappa shape index (κ3) is 7.58. The third-order valence-corrected chi connectivity index (χ3v) is 12.1. The summed E-state index contributed by atoms with van der Waals surface area (Å²) in [6.45, 7) is 5.18. The van der Waals surface area contributed by atoms with Crippen LogP contribution >= 0.6 is 0 Å². The van der Waals surface area contributed by atoms with E-state index >= 15 is 0 Å². The summed E-state index contributed by atoms with van der Waals surface area (Å²) in [5, 5.41) is 21.8. The van der Waals surface area contributed by atoms with Gasteiger partial charge in [-0.25, -0.2) is 8.42 Å². The molecule has 0 aromatic heterocycles. The maximum atomic E-state index is 13.5. The van der Waals surface area contributed by atoms with Gasteiger partial charge in [0.1, 0.15) is 6.61 Å². The molecule has 0 saturated heterocycles. The number of amides is 1. The zero-order chi connectivity index (χ0) is 33.4. The number of hydrogen-bond donors (Lipinski definition) is 2. The van der Waals surface area contributed by atoms with E-state index < -0.39 is 56.8 Å². The van der Waals surface area contributed by atoms with Crippen molar-refractivity contribution in [2.45, 2.75) is 96.7 Å². The first-order valence-corrected chi connectivity index (χ1v) is 17.7. The Labute approximate surface area is 294 Å². The van der Waals surface area contributed by atoms with Gasteiger partial charge in [-0.15, -0.1) is 0 Å². The largest absolute Gasteiger partial charge is 1.00 e. The molecule has 8 atom stereocenters. The van der Waals surface area contributed by atoms with E-state index in [1.165, 1.54) is 11.9 Å². The molecule has 0 unspecified atom stereocenters. The van der Waals surface area contributed by atoms with Crippen molar-refractivity contribution in [1.82, 2.24) is 4.90 Å². The van der Waals surface area contributed by atoms with E-state index in [-0.39, 0.29) is 97.1 Å². The Morgan fingerprint density at radius 3 is 2.41 bits per heavy atom. The molecule has 0 aliphatic heterocycles. The second kappa shape index (κ2) is 15.0. The predicted molar refractivity (Wildman–Crippen MR) is 163 cm³/mol. The van der Waals surface area contributed by atoms with Crippen LogP contribution in [0.3, 0.4) is 0 Å². The predicted octanol–water partition coefficient (Wildman–Crippen LogP) is -0.297. The smallest absolute Gasteiger partial charge is 0.748 e. The number of esters is 1. The Kier molecular flexibility index (Phi) is 12.7. The molecule has 4 rings (SSSR count). The van der Waals surface area contributed by atoms with Crippen molar-refractivity contribution in [3.63, 3.8) is 0 Å². The van der Waals surface area contributed by atoms with Crippen molar-refractivity contribution in [2.75, 3.05) is 26.0 Å². The molecule has 3 saturated carbocycles. The first-order chi connectivity index (χ1) is 21.0. The van der Waals surface area contributed by atoms with Crippen molar-refractivity contribution < 1.29 is 76.7 Å². The number of carbonyl (C=O) groups excluding carboxylic acids is 4. The number of fused-ring (bicyclic) bond motifs is 5. The zero-order valence-corrected chi connectivity index (χ0v) is 30.6. The summed E-state index contributed by atoms with van der Waals surface area (Å²) in [6, 6.07) is 0.